The van der Waals surface area contributed by atoms with Gasteiger partial charge in [-0.3, -0.25) is 4.55 Å². The molecule has 31 heavy (non-hydrogen) atoms. The second kappa shape index (κ2) is 9.21. The van der Waals surface area contributed by atoms with Crippen LogP contribution in [0.3, 0.4) is 0 Å². The van der Waals surface area contributed by atoms with E-state index in [0.29, 0.717) is 5.89 Å². The highest BCUT2D eigenvalue weighted by Gasteiger charge is 2.14. The van der Waals surface area contributed by atoms with Gasteiger partial charge >= 0.3 is 0 Å². The zero-order valence-corrected chi connectivity index (χ0v) is 18.3. The lowest BCUT2D eigenvalue weighted by Gasteiger charge is -2.28. The second-order valence-corrected chi connectivity index (χ2v) is 9.06. The number of rotatable bonds is 7. The smallest absolute Gasteiger partial charge is 0.294 e. The topological polar surface area (TPSA) is 92.9 Å². The molecule has 0 amide bonds. The van der Waals surface area contributed by atoms with E-state index < -0.39 is 10.1 Å². The highest BCUT2D eigenvalue weighted by molar-refractivity contribution is 7.85. The summed E-state index contributed by atoms with van der Waals surface area (Å²) in [6.07, 6.45) is 2.40. The summed E-state index contributed by atoms with van der Waals surface area (Å²) in [6.45, 7) is 5.25. The molecule has 0 bridgehead atoms. The fourth-order valence-corrected chi connectivity index (χ4v) is 4.19. The van der Waals surface area contributed by atoms with Gasteiger partial charge in [-0.05, 0) is 68.1 Å². The standard InChI is InChI=1S/C23H26N2O5S/c1-17-22(4-2-3-18-5-11-21(12-6-18)31(26,27)28)24-23(30-17)19-7-9-20(10-8-19)25-13-15-29-16-14-25/h5-12H,2-4,13-16H2,1H3,(H,26,27,28). The molecule has 3 aromatic rings. The number of oxazole rings is 1. The predicted octanol–water partition coefficient (Wildman–Crippen LogP) is 3.91. The van der Waals surface area contributed by atoms with Crippen molar-refractivity contribution < 1.29 is 22.1 Å². The van der Waals surface area contributed by atoms with Crippen molar-refractivity contribution in [1.29, 1.82) is 0 Å². The molecule has 1 aliphatic rings. The molecule has 0 radical (unpaired) electrons. The first kappa shape index (κ1) is 21.5. The highest BCUT2D eigenvalue weighted by Crippen LogP contribution is 2.26. The average Bonchev–Trinajstić information content (AvgIpc) is 3.15. The summed E-state index contributed by atoms with van der Waals surface area (Å²) < 4.78 is 42.6. The largest absolute Gasteiger partial charge is 0.441 e. The van der Waals surface area contributed by atoms with Crippen LogP contribution >= 0.6 is 0 Å². The van der Waals surface area contributed by atoms with Gasteiger partial charge in [-0.15, -0.1) is 0 Å². The Balaban J connectivity index is 1.36. The third-order valence-corrected chi connectivity index (χ3v) is 6.35. The Kier molecular flexibility index (Phi) is 6.41. The van der Waals surface area contributed by atoms with E-state index in [-0.39, 0.29) is 4.90 Å². The minimum absolute atomic E-state index is 0.0899. The van der Waals surface area contributed by atoms with Crippen molar-refractivity contribution in [1.82, 2.24) is 4.98 Å². The molecule has 1 saturated heterocycles. The maximum Gasteiger partial charge on any atom is 0.294 e. The number of benzene rings is 2. The van der Waals surface area contributed by atoms with Crippen molar-refractivity contribution in [2.24, 2.45) is 0 Å². The van der Waals surface area contributed by atoms with Crippen LogP contribution in [0, 0.1) is 6.92 Å². The molecule has 2 aromatic carbocycles. The van der Waals surface area contributed by atoms with Crippen LogP contribution in [0.4, 0.5) is 5.69 Å². The molecule has 4 rings (SSSR count). The number of hydrogen-bond acceptors (Lipinski definition) is 6. The van der Waals surface area contributed by atoms with Gasteiger partial charge in [0, 0.05) is 24.3 Å². The van der Waals surface area contributed by atoms with E-state index in [1.165, 1.54) is 17.8 Å². The van der Waals surface area contributed by atoms with Gasteiger partial charge in [-0.1, -0.05) is 12.1 Å². The van der Waals surface area contributed by atoms with E-state index >= 15 is 0 Å². The van der Waals surface area contributed by atoms with Crippen LogP contribution in [0.15, 0.2) is 57.8 Å². The number of aryl methyl sites for hydroxylation is 3. The first-order valence-corrected chi connectivity index (χ1v) is 11.8. The van der Waals surface area contributed by atoms with Crippen molar-refractivity contribution in [2.45, 2.75) is 31.1 Å². The zero-order valence-electron chi connectivity index (χ0n) is 17.5. The summed E-state index contributed by atoms with van der Waals surface area (Å²) in [7, 11) is -4.15. The minimum Gasteiger partial charge on any atom is -0.441 e. The van der Waals surface area contributed by atoms with Crippen molar-refractivity contribution in [2.75, 3.05) is 31.2 Å². The Morgan fingerprint density at radius 1 is 1.00 bits per heavy atom. The number of ether oxygens (including phenoxy) is 1. The summed E-state index contributed by atoms with van der Waals surface area (Å²) in [5, 5.41) is 0. The van der Waals surface area contributed by atoms with Crippen LogP contribution < -0.4 is 4.90 Å². The summed E-state index contributed by atoms with van der Waals surface area (Å²) in [5.41, 5.74) is 4.07. The van der Waals surface area contributed by atoms with E-state index in [9.17, 15) is 8.42 Å². The van der Waals surface area contributed by atoms with Crippen LogP contribution in [-0.2, 0) is 27.7 Å². The molecule has 1 fully saturated rings. The lowest BCUT2D eigenvalue weighted by Crippen LogP contribution is -2.36. The van der Waals surface area contributed by atoms with E-state index in [4.69, 9.17) is 13.7 Å². The Morgan fingerprint density at radius 2 is 1.68 bits per heavy atom. The average molecular weight is 443 g/mol. The van der Waals surface area contributed by atoms with Crippen LogP contribution in [0.25, 0.3) is 11.5 Å². The van der Waals surface area contributed by atoms with Crippen LogP contribution in [0.2, 0.25) is 0 Å². The number of anilines is 1. The monoisotopic (exact) mass is 442 g/mol. The van der Waals surface area contributed by atoms with Crippen LogP contribution in [0.1, 0.15) is 23.4 Å². The first-order chi connectivity index (χ1) is 14.9. The highest BCUT2D eigenvalue weighted by atomic mass is 32.2. The lowest BCUT2D eigenvalue weighted by atomic mass is 10.1. The third kappa shape index (κ3) is 5.33. The Morgan fingerprint density at radius 3 is 2.32 bits per heavy atom. The zero-order chi connectivity index (χ0) is 21.8. The van der Waals surface area contributed by atoms with Gasteiger partial charge < -0.3 is 14.1 Å². The number of morpholine rings is 1. The molecule has 2 heterocycles. The molecule has 0 atom stereocenters. The maximum absolute atomic E-state index is 11.1. The van der Waals surface area contributed by atoms with Crippen molar-refractivity contribution in [3.63, 3.8) is 0 Å². The molecule has 164 valence electrons. The van der Waals surface area contributed by atoms with Gasteiger partial charge in [-0.25, -0.2) is 4.98 Å². The summed E-state index contributed by atoms with van der Waals surface area (Å²) in [5.74, 6) is 1.44. The second-order valence-electron chi connectivity index (χ2n) is 7.64. The summed E-state index contributed by atoms with van der Waals surface area (Å²) >= 11 is 0. The van der Waals surface area contributed by atoms with Crippen LogP contribution in [0.5, 0.6) is 0 Å². The van der Waals surface area contributed by atoms with E-state index in [2.05, 4.69) is 22.0 Å². The fraction of sp³-hybridized carbons (Fsp3) is 0.348. The van der Waals surface area contributed by atoms with E-state index in [1.807, 2.05) is 19.1 Å². The molecule has 1 aromatic heterocycles. The van der Waals surface area contributed by atoms with Crippen molar-refractivity contribution >= 4 is 15.8 Å². The quantitative estimate of drug-likeness (QED) is 0.555. The van der Waals surface area contributed by atoms with Gasteiger partial charge in [0.2, 0.25) is 5.89 Å². The van der Waals surface area contributed by atoms with E-state index in [0.717, 1.165) is 68.1 Å². The van der Waals surface area contributed by atoms with Gasteiger partial charge in [0.15, 0.2) is 0 Å². The predicted molar refractivity (Wildman–Crippen MR) is 118 cm³/mol. The van der Waals surface area contributed by atoms with Crippen LogP contribution in [-0.4, -0.2) is 44.3 Å². The molecule has 0 saturated carbocycles. The van der Waals surface area contributed by atoms with E-state index in [1.54, 1.807) is 12.1 Å². The number of hydrogen-bond donors (Lipinski definition) is 1. The SMILES string of the molecule is Cc1oc(-c2ccc(N3CCOCC3)cc2)nc1CCCc1ccc(S(=O)(=O)O)cc1. The molecular formula is C23H26N2O5S. The Labute approximate surface area is 182 Å². The van der Waals surface area contributed by atoms with Crippen molar-refractivity contribution in [3.05, 3.63) is 65.5 Å². The molecule has 0 spiro atoms. The minimum atomic E-state index is -4.15. The molecule has 1 aliphatic heterocycles. The maximum atomic E-state index is 11.1. The normalized spacial score (nSPS) is 14.7. The van der Waals surface area contributed by atoms with Gasteiger partial charge in [-0.2, -0.15) is 8.42 Å². The molecule has 8 heteroatoms. The molecule has 0 aliphatic carbocycles. The third-order valence-electron chi connectivity index (χ3n) is 5.48. The lowest BCUT2D eigenvalue weighted by molar-refractivity contribution is 0.122. The molecule has 0 unspecified atom stereocenters. The fourth-order valence-electron chi connectivity index (χ4n) is 3.71. The summed E-state index contributed by atoms with van der Waals surface area (Å²) in [6, 6.07) is 14.6. The first-order valence-electron chi connectivity index (χ1n) is 10.4. The van der Waals surface area contributed by atoms with Gasteiger partial charge in [0.05, 0.1) is 23.8 Å². The summed E-state index contributed by atoms with van der Waals surface area (Å²) in [4.78, 5) is 6.90. The molecule has 7 nitrogen and oxygen atoms in total. The number of nitrogens with zero attached hydrogens (tertiary/aromatic N) is 2. The Hall–Kier alpha value is -2.68. The molecular weight excluding hydrogens is 416 g/mol. The van der Waals surface area contributed by atoms with Gasteiger partial charge in [0.25, 0.3) is 10.1 Å². The number of aromatic nitrogens is 1. The molecule has 1 N–H and O–H groups in total. The van der Waals surface area contributed by atoms with Crippen molar-refractivity contribution in [3.8, 4) is 11.5 Å². The Bertz CT molecular complexity index is 1120. The van der Waals surface area contributed by atoms with Gasteiger partial charge in [0.1, 0.15) is 5.76 Å².